The molecular weight excluding hydrogens is 394 g/mol. The van der Waals surface area contributed by atoms with E-state index >= 15 is 0 Å². The Balaban J connectivity index is 1.28. The fourth-order valence-electron chi connectivity index (χ4n) is 3.76. The van der Waals surface area contributed by atoms with Crippen molar-refractivity contribution in [1.29, 1.82) is 5.26 Å². The zero-order valence-corrected chi connectivity index (χ0v) is 17.8. The van der Waals surface area contributed by atoms with Crippen molar-refractivity contribution in [3.63, 3.8) is 0 Å². The standard InChI is InChI=1S/C23H25N5OS/c1-17(23-25-19-9-5-6-10-20(19)26-23)30-16-22(29)28-13-11-27(12-14-28)21(15-24)18-7-3-2-4-8-18/h2-10,17,21H,11-14,16H2,1H3,(H,25,26). The first-order valence-corrected chi connectivity index (χ1v) is 11.2. The van der Waals surface area contributed by atoms with E-state index in [1.165, 1.54) is 0 Å². The van der Waals surface area contributed by atoms with Gasteiger partial charge in [0.15, 0.2) is 0 Å². The molecule has 2 heterocycles. The molecule has 1 N–H and O–H groups in total. The highest BCUT2D eigenvalue weighted by Gasteiger charge is 2.27. The van der Waals surface area contributed by atoms with Crippen LogP contribution in [0.3, 0.4) is 0 Å². The molecule has 6 nitrogen and oxygen atoms in total. The highest BCUT2D eigenvalue weighted by atomic mass is 32.2. The summed E-state index contributed by atoms with van der Waals surface area (Å²) in [6.45, 7) is 4.81. The van der Waals surface area contributed by atoms with Gasteiger partial charge in [0.25, 0.3) is 0 Å². The number of thioether (sulfide) groups is 1. The van der Waals surface area contributed by atoms with Crippen LogP contribution in [-0.2, 0) is 4.79 Å². The van der Waals surface area contributed by atoms with Gasteiger partial charge < -0.3 is 9.88 Å². The minimum atomic E-state index is -0.258. The molecule has 2 atom stereocenters. The van der Waals surface area contributed by atoms with Crippen LogP contribution >= 0.6 is 11.8 Å². The number of fused-ring (bicyclic) bond motifs is 1. The van der Waals surface area contributed by atoms with Gasteiger partial charge in [-0.15, -0.1) is 11.8 Å². The van der Waals surface area contributed by atoms with Crippen molar-refractivity contribution in [3.8, 4) is 6.07 Å². The van der Waals surface area contributed by atoms with Gasteiger partial charge in [0.05, 0.1) is 28.1 Å². The highest BCUT2D eigenvalue weighted by molar-refractivity contribution is 8.00. The van der Waals surface area contributed by atoms with Crippen LogP contribution in [0, 0.1) is 11.3 Å². The number of para-hydroxylation sites is 2. The van der Waals surface area contributed by atoms with E-state index in [0.29, 0.717) is 31.9 Å². The quantitative estimate of drug-likeness (QED) is 0.658. The van der Waals surface area contributed by atoms with Crippen LogP contribution in [0.2, 0.25) is 0 Å². The maximum atomic E-state index is 12.7. The average molecular weight is 420 g/mol. The minimum absolute atomic E-state index is 0.115. The summed E-state index contributed by atoms with van der Waals surface area (Å²) in [5.41, 5.74) is 2.98. The van der Waals surface area contributed by atoms with Gasteiger partial charge in [-0.3, -0.25) is 9.69 Å². The largest absolute Gasteiger partial charge is 0.341 e. The Kier molecular flexibility index (Phi) is 6.36. The van der Waals surface area contributed by atoms with Gasteiger partial charge in [0.2, 0.25) is 5.91 Å². The molecule has 0 saturated carbocycles. The molecule has 0 radical (unpaired) electrons. The minimum Gasteiger partial charge on any atom is -0.341 e. The molecule has 0 spiro atoms. The predicted molar refractivity (Wildman–Crippen MR) is 120 cm³/mol. The third-order valence-electron chi connectivity index (χ3n) is 5.52. The first-order valence-electron chi connectivity index (χ1n) is 10.2. The summed E-state index contributed by atoms with van der Waals surface area (Å²) in [6.07, 6.45) is 0. The Morgan fingerprint density at radius 2 is 1.83 bits per heavy atom. The van der Waals surface area contributed by atoms with Crippen LogP contribution in [0.15, 0.2) is 54.6 Å². The molecule has 0 bridgehead atoms. The zero-order chi connectivity index (χ0) is 20.9. The first-order chi connectivity index (χ1) is 14.7. The van der Waals surface area contributed by atoms with E-state index < -0.39 is 0 Å². The molecule has 2 unspecified atom stereocenters. The van der Waals surface area contributed by atoms with E-state index in [1.807, 2.05) is 59.5 Å². The zero-order valence-electron chi connectivity index (χ0n) is 17.0. The lowest BCUT2D eigenvalue weighted by Crippen LogP contribution is -2.50. The van der Waals surface area contributed by atoms with Crippen molar-refractivity contribution < 1.29 is 4.79 Å². The molecule has 1 saturated heterocycles. The van der Waals surface area contributed by atoms with Crippen LogP contribution in [0.25, 0.3) is 11.0 Å². The number of aromatic nitrogens is 2. The Morgan fingerprint density at radius 1 is 1.13 bits per heavy atom. The smallest absolute Gasteiger partial charge is 0.232 e. The number of nitriles is 1. The summed E-state index contributed by atoms with van der Waals surface area (Å²) in [5, 5.41) is 9.74. The molecule has 2 aromatic carbocycles. The van der Waals surface area contributed by atoms with Gasteiger partial charge in [0, 0.05) is 26.2 Å². The summed E-state index contributed by atoms with van der Waals surface area (Å²) in [5.74, 6) is 1.48. The molecule has 0 aliphatic carbocycles. The third-order valence-corrected chi connectivity index (χ3v) is 6.66. The normalized spacial score (nSPS) is 16.9. The van der Waals surface area contributed by atoms with Crippen molar-refractivity contribution in [1.82, 2.24) is 19.8 Å². The first kappa shape index (κ1) is 20.5. The fraction of sp³-hybridized carbons (Fsp3) is 0.348. The van der Waals surface area contributed by atoms with Gasteiger partial charge in [-0.05, 0) is 24.6 Å². The van der Waals surface area contributed by atoms with Crippen LogP contribution in [0.1, 0.15) is 29.6 Å². The molecule has 4 rings (SSSR count). The number of nitrogens with one attached hydrogen (secondary N) is 1. The summed E-state index contributed by atoms with van der Waals surface area (Å²) >= 11 is 1.60. The molecular formula is C23H25N5OS. The van der Waals surface area contributed by atoms with Gasteiger partial charge in [-0.25, -0.2) is 4.98 Å². The van der Waals surface area contributed by atoms with E-state index in [0.717, 1.165) is 22.4 Å². The average Bonchev–Trinajstić information content (AvgIpc) is 3.23. The van der Waals surface area contributed by atoms with E-state index in [9.17, 15) is 10.1 Å². The number of carbonyl (C=O) groups excluding carboxylic acids is 1. The number of rotatable bonds is 6. The van der Waals surface area contributed by atoms with Crippen LogP contribution in [-0.4, -0.2) is 57.6 Å². The Bertz CT molecular complexity index is 1000. The summed E-state index contributed by atoms with van der Waals surface area (Å²) in [6, 6.07) is 20.0. The Labute approximate surface area is 180 Å². The van der Waals surface area contributed by atoms with E-state index in [-0.39, 0.29) is 17.2 Å². The second-order valence-corrected chi connectivity index (χ2v) is 8.78. The second kappa shape index (κ2) is 9.33. The van der Waals surface area contributed by atoms with E-state index in [1.54, 1.807) is 11.8 Å². The molecule has 30 heavy (non-hydrogen) atoms. The summed E-state index contributed by atoms with van der Waals surface area (Å²) in [7, 11) is 0. The number of imidazole rings is 1. The van der Waals surface area contributed by atoms with Crippen molar-refractivity contribution >= 4 is 28.7 Å². The number of benzene rings is 2. The van der Waals surface area contributed by atoms with Crippen molar-refractivity contribution in [2.24, 2.45) is 0 Å². The number of hydrogen-bond acceptors (Lipinski definition) is 5. The molecule has 1 aliphatic heterocycles. The topological polar surface area (TPSA) is 76.0 Å². The number of hydrogen-bond donors (Lipinski definition) is 1. The molecule has 1 fully saturated rings. The Morgan fingerprint density at radius 3 is 2.53 bits per heavy atom. The van der Waals surface area contributed by atoms with Gasteiger partial charge in [-0.1, -0.05) is 42.5 Å². The van der Waals surface area contributed by atoms with Crippen molar-refractivity contribution in [2.75, 3.05) is 31.9 Å². The SMILES string of the molecule is CC(SCC(=O)N1CCN(C(C#N)c2ccccc2)CC1)c1nc2ccccc2[nH]1. The van der Waals surface area contributed by atoms with Crippen LogP contribution in [0.5, 0.6) is 0 Å². The van der Waals surface area contributed by atoms with Gasteiger partial charge in [0.1, 0.15) is 11.9 Å². The van der Waals surface area contributed by atoms with Crippen molar-refractivity contribution in [2.45, 2.75) is 18.2 Å². The predicted octanol–water partition coefficient (Wildman–Crippen LogP) is 3.77. The maximum absolute atomic E-state index is 12.7. The number of aromatic amines is 1. The lowest BCUT2D eigenvalue weighted by molar-refractivity contribution is -0.130. The number of nitrogens with zero attached hydrogens (tertiary/aromatic N) is 4. The lowest BCUT2D eigenvalue weighted by Gasteiger charge is -2.37. The molecule has 3 aromatic rings. The van der Waals surface area contributed by atoms with E-state index in [2.05, 4.69) is 27.9 Å². The number of carbonyl (C=O) groups is 1. The third kappa shape index (κ3) is 4.50. The molecule has 7 heteroatoms. The molecule has 1 aliphatic rings. The lowest BCUT2D eigenvalue weighted by atomic mass is 10.1. The van der Waals surface area contributed by atoms with Crippen LogP contribution in [0.4, 0.5) is 0 Å². The molecule has 154 valence electrons. The highest BCUT2D eigenvalue weighted by Crippen LogP contribution is 2.28. The fourth-order valence-corrected chi connectivity index (χ4v) is 4.61. The number of H-pyrrole nitrogens is 1. The van der Waals surface area contributed by atoms with Gasteiger partial charge in [-0.2, -0.15) is 5.26 Å². The number of piperazine rings is 1. The second-order valence-electron chi connectivity index (χ2n) is 7.45. The van der Waals surface area contributed by atoms with E-state index in [4.69, 9.17) is 0 Å². The summed E-state index contributed by atoms with van der Waals surface area (Å²) < 4.78 is 0. The monoisotopic (exact) mass is 419 g/mol. The summed E-state index contributed by atoms with van der Waals surface area (Å²) in [4.78, 5) is 24.8. The molecule has 1 amide bonds. The van der Waals surface area contributed by atoms with Gasteiger partial charge >= 0.3 is 0 Å². The van der Waals surface area contributed by atoms with Crippen molar-refractivity contribution in [3.05, 3.63) is 66.0 Å². The molecule has 1 aromatic heterocycles. The van der Waals surface area contributed by atoms with Crippen LogP contribution < -0.4 is 0 Å². The Hall–Kier alpha value is -2.82. The maximum Gasteiger partial charge on any atom is 0.232 e. The number of amides is 1.